The number of aliphatic carboxylic acids is 1. The highest BCUT2D eigenvalue weighted by molar-refractivity contribution is 5.76. The monoisotopic (exact) mass is 1130 g/mol. The molecule has 5 saturated heterocycles. The molecule has 0 bridgehead atoms. The van der Waals surface area contributed by atoms with Gasteiger partial charge < -0.3 is 155 Å². The van der Waals surface area contributed by atoms with E-state index in [0.29, 0.717) is 0 Å². The second kappa shape index (κ2) is 27.8. The van der Waals surface area contributed by atoms with Gasteiger partial charge >= 0.3 is 5.97 Å². The summed E-state index contributed by atoms with van der Waals surface area (Å²) < 4.78 is 58.3. The summed E-state index contributed by atoms with van der Waals surface area (Å²) in [6.07, 6.45) is -55.0. The number of carboxylic acid groups (broad SMARTS) is 1. The van der Waals surface area contributed by atoms with E-state index in [4.69, 9.17) is 47.4 Å². The molecule has 5 aliphatic rings. The van der Waals surface area contributed by atoms with E-state index < -0.39 is 241 Å². The van der Waals surface area contributed by atoms with Crippen molar-refractivity contribution < 1.29 is 159 Å². The van der Waals surface area contributed by atoms with Crippen molar-refractivity contribution in [1.82, 2.24) is 10.6 Å². The molecule has 5 fully saturated rings. The largest absolute Gasteiger partial charge is 0.477 e. The Kier molecular flexibility index (Phi) is 23.5. The molecule has 21 N–H and O–H groups in total. The van der Waals surface area contributed by atoms with E-state index in [2.05, 4.69) is 10.6 Å². The fourth-order valence-electron chi connectivity index (χ4n) is 9.35. The molecule has 5 rings (SSSR count). The molecular formula is C43H74N2O32. The van der Waals surface area contributed by atoms with E-state index in [1.54, 1.807) is 0 Å². The maximum Gasteiger partial charge on any atom is 0.364 e. The van der Waals surface area contributed by atoms with Gasteiger partial charge in [0.15, 0.2) is 25.2 Å². The van der Waals surface area contributed by atoms with Crippen molar-refractivity contribution in [2.24, 2.45) is 0 Å². The third-order valence-corrected chi connectivity index (χ3v) is 13.8. The molecule has 2 amide bonds. The number of carbonyl (C=O) groups is 3. The third kappa shape index (κ3) is 14.7. The second-order valence-electron chi connectivity index (χ2n) is 19.4. The lowest BCUT2D eigenvalue weighted by atomic mass is 9.90. The highest BCUT2D eigenvalue weighted by Crippen LogP contribution is 2.38. The minimum Gasteiger partial charge on any atom is -0.477 e. The molecule has 0 unspecified atom stereocenters. The quantitative estimate of drug-likeness (QED) is 0.0452. The van der Waals surface area contributed by atoms with E-state index >= 15 is 0 Å². The number of aliphatic hydroxyl groups is 18. The van der Waals surface area contributed by atoms with Gasteiger partial charge in [-0.3, -0.25) is 9.59 Å². The first kappa shape index (κ1) is 65.1. The van der Waals surface area contributed by atoms with Gasteiger partial charge in [-0.15, -0.1) is 0 Å². The zero-order chi connectivity index (χ0) is 57.7. The molecule has 34 heteroatoms. The van der Waals surface area contributed by atoms with E-state index in [0.717, 1.165) is 13.8 Å². The van der Waals surface area contributed by atoms with E-state index in [9.17, 15) is 111 Å². The topological polar surface area (TPSA) is 552 Å². The van der Waals surface area contributed by atoms with Crippen LogP contribution in [-0.2, 0) is 61.8 Å². The van der Waals surface area contributed by atoms with Crippen LogP contribution in [0.25, 0.3) is 0 Å². The number of ether oxygens (including phenoxy) is 10. The van der Waals surface area contributed by atoms with Crippen LogP contribution in [0.5, 0.6) is 0 Å². The molecule has 0 spiro atoms. The molecule has 448 valence electrons. The van der Waals surface area contributed by atoms with Gasteiger partial charge in [0.25, 0.3) is 5.79 Å². The van der Waals surface area contributed by atoms with Crippen molar-refractivity contribution in [1.29, 1.82) is 0 Å². The number of carboxylic acids is 1. The minimum absolute atomic E-state index is 0.911. The minimum atomic E-state index is -3.09. The van der Waals surface area contributed by atoms with Crippen LogP contribution in [0.3, 0.4) is 0 Å². The highest BCUT2D eigenvalue weighted by atomic mass is 16.8. The summed E-state index contributed by atoms with van der Waals surface area (Å²) in [5, 5.41) is 207. The lowest BCUT2D eigenvalue weighted by Crippen LogP contribution is -2.71. The van der Waals surface area contributed by atoms with Gasteiger partial charge in [-0.05, 0) is 13.8 Å². The van der Waals surface area contributed by atoms with Crippen LogP contribution in [0.15, 0.2) is 0 Å². The van der Waals surface area contributed by atoms with Gasteiger partial charge in [-0.25, -0.2) is 4.79 Å². The van der Waals surface area contributed by atoms with Crippen LogP contribution in [0.1, 0.15) is 34.1 Å². The first-order valence-corrected chi connectivity index (χ1v) is 24.4. The first-order chi connectivity index (χ1) is 36.1. The molecule has 30 atom stereocenters. The van der Waals surface area contributed by atoms with Crippen molar-refractivity contribution in [2.45, 2.75) is 218 Å². The zero-order valence-electron chi connectivity index (χ0n) is 41.8. The molecule has 0 aliphatic carbocycles. The Morgan fingerprint density at radius 1 is 0.597 bits per heavy atom. The number of hydrogen-bond donors (Lipinski definition) is 21. The average Bonchev–Trinajstić information content (AvgIpc) is 3.39. The predicted molar refractivity (Wildman–Crippen MR) is 239 cm³/mol. The number of carbonyl (C=O) groups excluding carboxylic acids is 2. The van der Waals surface area contributed by atoms with Gasteiger partial charge in [-0.2, -0.15) is 0 Å². The van der Waals surface area contributed by atoms with Crippen LogP contribution in [0.2, 0.25) is 0 Å². The highest BCUT2D eigenvalue weighted by Gasteiger charge is 2.59. The first-order valence-electron chi connectivity index (χ1n) is 24.4. The SMILES string of the molecule is CC(=O)N[C@H]1[C@H](O[C@@H]([C@@H](O)[C@H](O)CO[C@]2(C(=O)O)C[C@H](O)[C@@H](O)[C@H]([C@H](O)[C@H](O)CO)O2)[C@H](CO)NC(C)=O)O[C@H](CO)[C@@H](O[C@@H]2O[C@H](CO)[C@H](O)[C@H](O)[C@H]2O[C@@H]2O[C@@H](C)[C@@H](O)[C@@H](O)[C@@H]2O)[C@@H]1O[C@@H]1O[C@@H](C)[C@@H](O)[C@@H](O)[C@@H]1O. The van der Waals surface area contributed by atoms with Gasteiger partial charge in [0, 0.05) is 20.3 Å². The van der Waals surface area contributed by atoms with Crippen molar-refractivity contribution in [2.75, 3.05) is 33.0 Å². The number of aliphatic hydroxyl groups excluding tert-OH is 18. The molecule has 5 aliphatic heterocycles. The Bertz CT molecular complexity index is 1880. The van der Waals surface area contributed by atoms with Crippen molar-refractivity contribution in [3.8, 4) is 0 Å². The summed E-state index contributed by atoms with van der Waals surface area (Å²) in [6, 6.07) is -3.80. The standard InChI is InChI=1S/C43H74N2O32/c1-11-22(55)28(61)31(64)39(69-11)75-35-21(45-14(4)51)38(72-20(9-49)34(35)74-41-37(30(63)27(60)19(8-48)71-41)76-40-32(65)29(62)23(56)12(2)70-40)73-33(15(6-46)44-13(3)50)26(59)18(54)10-68-43(42(66)67)5-16(52)24(57)36(77-43)25(58)17(53)7-47/h11-12,15-41,46-49,52-65H,5-10H2,1-4H3,(H,44,50)(H,45,51)(H,66,67)/t11-,12-,15-,16-,17+,18+,19+,20+,21+,22+,23+,24+,25+,26-,27-,28+,29+,30-,31-,32-,33+,34+,35+,36+,37+,38-,39-,40-,41-,43+/m0/s1. The molecule has 34 nitrogen and oxygen atoms in total. The average molecular weight is 1130 g/mol. The molecule has 0 aromatic carbocycles. The Morgan fingerprint density at radius 3 is 1.62 bits per heavy atom. The molecular weight excluding hydrogens is 1060 g/mol. The summed E-state index contributed by atoms with van der Waals surface area (Å²) in [5.41, 5.74) is 0. The predicted octanol–water partition coefficient (Wildman–Crippen LogP) is -12.9. The Morgan fingerprint density at radius 2 is 1.13 bits per heavy atom. The van der Waals surface area contributed by atoms with Crippen molar-refractivity contribution >= 4 is 17.8 Å². The smallest absolute Gasteiger partial charge is 0.364 e. The van der Waals surface area contributed by atoms with Gasteiger partial charge in [0.1, 0.15) is 128 Å². The van der Waals surface area contributed by atoms with Crippen LogP contribution < -0.4 is 10.6 Å². The van der Waals surface area contributed by atoms with Crippen molar-refractivity contribution in [3.05, 3.63) is 0 Å². The lowest BCUT2D eigenvalue weighted by molar-refractivity contribution is -0.395. The van der Waals surface area contributed by atoms with Gasteiger partial charge in [0.2, 0.25) is 11.8 Å². The molecule has 0 aromatic heterocycles. The summed E-state index contributed by atoms with van der Waals surface area (Å²) in [7, 11) is 0. The Balaban J connectivity index is 1.56. The van der Waals surface area contributed by atoms with E-state index in [-0.39, 0.29) is 0 Å². The van der Waals surface area contributed by atoms with E-state index in [1.165, 1.54) is 13.8 Å². The van der Waals surface area contributed by atoms with Crippen LogP contribution >= 0.6 is 0 Å². The Hall–Kier alpha value is -2.71. The molecule has 5 heterocycles. The van der Waals surface area contributed by atoms with E-state index in [1.807, 2.05) is 0 Å². The third-order valence-electron chi connectivity index (χ3n) is 13.8. The molecule has 0 radical (unpaired) electrons. The number of amides is 2. The number of nitrogens with one attached hydrogen (secondary N) is 2. The summed E-state index contributed by atoms with van der Waals surface area (Å²) >= 11 is 0. The maximum absolute atomic E-state index is 13.2. The van der Waals surface area contributed by atoms with Crippen LogP contribution in [0, 0.1) is 0 Å². The van der Waals surface area contributed by atoms with Crippen molar-refractivity contribution in [3.63, 3.8) is 0 Å². The fraction of sp³-hybridized carbons (Fsp3) is 0.930. The molecule has 0 aromatic rings. The second-order valence-corrected chi connectivity index (χ2v) is 19.4. The summed E-state index contributed by atoms with van der Waals surface area (Å²) in [6.45, 7) is -1.40. The molecule has 0 saturated carbocycles. The van der Waals surface area contributed by atoms with Gasteiger partial charge in [-0.1, -0.05) is 0 Å². The number of hydrogen-bond acceptors (Lipinski definition) is 31. The fourth-order valence-corrected chi connectivity index (χ4v) is 9.35. The number of rotatable bonds is 23. The summed E-state index contributed by atoms with van der Waals surface area (Å²) in [4.78, 5) is 38.4. The summed E-state index contributed by atoms with van der Waals surface area (Å²) in [5.74, 6) is -7.01. The zero-order valence-corrected chi connectivity index (χ0v) is 41.8. The van der Waals surface area contributed by atoms with Gasteiger partial charge in [0.05, 0.1) is 57.4 Å². The Labute approximate surface area is 437 Å². The van der Waals surface area contributed by atoms with Crippen LogP contribution in [0.4, 0.5) is 0 Å². The maximum atomic E-state index is 13.2. The molecule has 77 heavy (non-hydrogen) atoms. The lowest BCUT2D eigenvalue weighted by Gasteiger charge is -2.51. The van der Waals surface area contributed by atoms with Crippen LogP contribution in [-0.4, -0.2) is 331 Å². The normalized spacial score (nSPS) is 44.3.